The van der Waals surface area contributed by atoms with Gasteiger partial charge in [0.25, 0.3) is 0 Å². The molecule has 77 heavy (non-hydrogen) atoms. The molecule has 446 valence electrons. The standard InChI is InChI=1S/C71H126O6/c1-4-7-10-13-16-18-20-22-24-26-28-29-30-31-32-33-34-35-36-37-38-39-40-41-42-43-44-46-47-49-51-53-55-58-61-64-70(73)76-67-68(66-75-69(72)63-60-57-15-12-9-6-3)77-71(74)65-62-59-56-54-52-50-48-45-27-25-23-21-19-17-14-11-8-5-2/h7,10,16,18,22,24,28-29,31-32,34-35,68H,4-6,8-9,11-15,17,19-21,23,25-27,30,33,36-67H2,1-3H3/b10-7-,18-16-,24-22-,29-28-,32-31-,35-34-. The predicted molar refractivity (Wildman–Crippen MR) is 335 cm³/mol. The summed E-state index contributed by atoms with van der Waals surface area (Å²) in [5.41, 5.74) is 0. The molecule has 0 amide bonds. The molecule has 0 aliphatic heterocycles. The molecule has 0 aromatic heterocycles. The Kier molecular flexibility index (Phi) is 62.7. The van der Waals surface area contributed by atoms with Gasteiger partial charge in [-0.05, 0) is 70.6 Å². The first-order valence-electron chi connectivity index (χ1n) is 33.4. The maximum Gasteiger partial charge on any atom is 0.306 e. The highest BCUT2D eigenvalue weighted by Crippen LogP contribution is 2.18. The molecule has 6 heteroatoms. The minimum Gasteiger partial charge on any atom is -0.462 e. The Labute approximate surface area is 478 Å². The average Bonchev–Trinajstić information content (AvgIpc) is 3.43. The van der Waals surface area contributed by atoms with Gasteiger partial charge in [-0.2, -0.15) is 0 Å². The Hall–Kier alpha value is -3.15. The van der Waals surface area contributed by atoms with Crippen molar-refractivity contribution in [3.05, 3.63) is 72.9 Å². The van der Waals surface area contributed by atoms with Crippen molar-refractivity contribution in [2.45, 2.75) is 348 Å². The van der Waals surface area contributed by atoms with E-state index in [0.29, 0.717) is 19.3 Å². The SMILES string of the molecule is CC/C=C\C/C=C\C/C=C\C/C=C\C/C=C\C/C=C\CCCCCCCCCCCCCCCCCCC(=O)OCC(COC(=O)CCCCCCCC)OC(=O)CCCCCCCCCCCCCCCCCCCC. The summed E-state index contributed by atoms with van der Waals surface area (Å²) < 4.78 is 16.8. The number of unbranched alkanes of at least 4 members (excludes halogenated alkanes) is 38. The highest BCUT2D eigenvalue weighted by atomic mass is 16.6. The molecule has 0 spiro atoms. The Morgan fingerprint density at radius 3 is 0.792 bits per heavy atom. The van der Waals surface area contributed by atoms with E-state index in [0.717, 1.165) is 96.3 Å². The molecule has 0 saturated carbocycles. The molecule has 0 saturated heterocycles. The van der Waals surface area contributed by atoms with Gasteiger partial charge in [-0.25, -0.2) is 0 Å². The van der Waals surface area contributed by atoms with Crippen LogP contribution in [0.1, 0.15) is 342 Å². The van der Waals surface area contributed by atoms with Crippen LogP contribution in [0.15, 0.2) is 72.9 Å². The molecule has 0 aromatic rings. The Bertz CT molecular complexity index is 1420. The number of carbonyl (C=O) groups is 3. The quantitative estimate of drug-likeness (QED) is 0.0261. The van der Waals surface area contributed by atoms with Crippen molar-refractivity contribution in [1.29, 1.82) is 0 Å². The van der Waals surface area contributed by atoms with Gasteiger partial charge in [0.05, 0.1) is 0 Å². The molecule has 0 aliphatic carbocycles. The van der Waals surface area contributed by atoms with Gasteiger partial charge >= 0.3 is 17.9 Å². The van der Waals surface area contributed by atoms with E-state index in [4.69, 9.17) is 14.2 Å². The van der Waals surface area contributed by atoms with Gasteiger partial charge in [-0.3, -0.25) is 14.4 Å². The lowest BCUT2D eigenvalue weighted by atomic mass is 10.0. The van der Waals surface area contributed by atoms with Crippen LogP contribution in [0.3, 0.4) is 0 Å². The number of esters is 3. The maximum atomic E-state index is 12.8. The van der Waals surface area contributed by atoms with Gasteiger partial charge in [-0.1, -0.05) is 325 Å². The molecule has 0 bridgehead atoms. The highest BCUT2D eigenvalue weighted by Gasteiger charge is 2.19. The highest BCUT2D eigenvalue weighted by molar-refractivity contribution is 5.71. The second-order valence-corrected chi connectivity index (χ2v) is 22.4. The van der Waals surface area contributed by atoms with Gasteiger partial charge < -0.3 is 14.2 Å². The first kappa shape index (κ1) is 73.8. The average molecular weight is 1080 g/mol. The van der Waals surface area contributed by atoms with Gasteiger partial charge in [0.1, 0.15) is 13.2 Å². The van der Waals surface area contributed by atoms with E-state index in [2.05, 4.69) is 93.7 Å². The van der Waals surface area contributed by atoms with E-state index >= 15 is 0 Å². The summed E-state index contributed by atoms with van der Waals surface area (Å²) in [6.45, 7) is 6.51. The van der Waals surface area contributed by atoms with E-state index in [1.807, 2.05) is 0 Å². The molecule has 0 radical (unpaired) electrons. The Morgan fingerprint density at radius 2 is 0.506 bits per heavy atom. The summed E-state index contributed by atoms with van der Waals surface area (Å²) in [6.07, 6.45) is 85.3. The number of rotatable bonds is 61. The topological polar surface area (TPSA) is 78.9 Å². The minimum atomic E-state index is -0.768. The maximum absolute atomic E-state index is 12.8. The van der Waals surface area contributed by atoms with E-state index in [1.54, 1.807) is 0 Å². The zero-order valence-electron chi connectivity index (χ0n) is 51.2. The molecule has 0 aliphatic rings. The zero-order valence-corrected chi connectivity index (χ0v) is 51.2. The van der Waals surface area contributed by atoms with Crippen LogP contribution >= 0.6 is 0 Å². The summed E-state index contributed by atoms with van der Waals surface area (Å²) in [5, 5.41) is 0. The number of hydrogen-bond donors (Lipinski definition) is 0. The minimum absolute atomic E-state index is 0.0691. The first-order chi connectivity index (χ1) is 38.0. The zero-order chi connectivity index (χ0) is 55.7. The van der Waals surface area contributed by atoms with Gasteiger partial charge in [-0.15, -0.1) is 0 Å². The molecule has 0 rings (SSSR count). The van der Waals surface area contributed by atoms with Gasteiger partial charge in [0.2, 0.25) is 0 Å². The summed E-state index contributed by atoms with van der Waals surface area (Å²) in [4.78, 5) is 38.0. The van der Waals surface area contributed by atoms with Crippen LogP contribution in [0.4, 0.5) is 0 Å². The largest absolute Gasteiger partial charge is 0.462 e. The lowest BCUT2D eigenvalue weighted by molar-refractivity contribution is -0.167. The summed E-state index contributed by atoms with van der Waals surface area (Å²) in [5.74, 6) is -0.860. The fraction of sp³-hybridized carbons (Fsp3) is 0.789. The number of hydrogen-bond acceptors (Lipinski definition) is 6. The monoisotopic (exact) mass is 1070 g/mol. The van der Waals surface area contributed by atoms with Crippen LogP contribution in [-0.4, -0.2) is 37.2 Å². The fourth-order valence-electron chi connectivity index (χ4n) is 9.74. The van der Waals surface area contributed by atoms with Crippen LogP contribution in [0.2, 0.25) is 0 Å². The van der Waals surface area contributed by atoms with Crippen LogP contribution < -0.4 is 0 Å². The molecule has 0 fully saturated rings. The lowest BCUT2D eigenvalue weighted by Gasteiger charge is -2.18. The fourth-order valence-corrected chi connectivity index (χ4v) is 9.74. The third-order valence-corrected chi connectivity index (χ3v) is 14.7. The van der Waals surface area contributed by atoms with Crippen molar-refractivity contribution in [1.82, 2.24) is 0 Å². The van der Waals surface area contributed by atoms with Crippen LogP contribution in [-0.2, 0) is 28.6 Å². The summed E-state index contributed by atoms with van der Waals surface area (Å²) in [6, 6.07) is 0. The third kappa shape index (κ3) is 63.6. The molecule has 0 aromatic carbocycles. The molecular weight excluding hydrogens is 949 g/mol. The summed E-state index contributed by atoms with van der Waals surface area (Å²) >= 11 is 0. The first-order valence-corrected chi connectivity index (χ1v) is 33.4. The Morgan fingerprint density at radius 1 is 0.273 bits per heavy atom. The number of ether oxygens (including phenoxy) is 3. The predicted octanol–water partition coefficient (Wildman–Crippen LogP) is 22.9. The number of carbonyl (C=O) groups excluding carboxylic acids is 3. The molecule has 1 unspecified atom stereocenters. The van der Waals surface area contributed by atoms with E-state index in [1.165, 1.54) is 205 Å². The molecule has 6 nitrogen and oxygen atoms in total. The van der Waals surface area contributed by atoms with Crippen molar-refractivity contribution >= 4 is 17.9 Å². The van der Waals surface area contributed by atoms with E-state index < -0.39 is 6.10 Å². The third-order valence-electron chi connectivity index (χ3n) is 14.7. The number of allylic oxidation sites excluding steroid dienone is 12. The van der Waals surface area contributed by atoms with E-state index in [-0.39, 0.29) is 31.1 Å². The second kappa shape index (κ2) is 65.4. The van der Waals surface area contributed by atoms with Crippen LogP contribution in [0, 0.1) is 0 Å². The van der Waals surface area contributed by atoms with Crippen molar-refractivity contribution < 1.29 is 28.6 Å². The van der Waals surface area contributed by atoms with Crippen molar-refractivity contribution in [2.24, 2.45) is 0 Å². The molecule has 0 N–H and O–H groups in total. The lowest BCUT2D eigenvalue weighted by Crippen LogP contribution is -2.30. The van der Waals surface area contributed by atoms with Crippen molar-refractivity contribution in [3.63, 3.8) is 0 Å². The molecule has 1 atom stereocenters. The second-order valence-electron chi connectivity index (χ2n) is 22.4. The van der Waals surface area contributed by atoms with Crippen molar-refractivity contribution in [3.8, 4) is 0 Å². The smallest absolute Gasteiger partial charge is 0.306 e. The van der Waals surface area contributed by atoms with Crippen LogP contribution in [0.25, 0.3) is 0 Å². The van der Waals surface area contributed by atoms with Crippen molar-refractivity contribution in [2.75, 3.05) is 13.2 Å². The van der Waals surface area contributed by atoms with Gasteiger partial charge in [0.15, 0.2) is 6.10 Å². The van der Waals surface area contributed by atoms with Gasteiger partial charge in [0, 0.05) is 19.3 Å². The molecular formula is C71H126O6. The van der Waals surface area contributed by atoms with E-state index in [9.17, 15) is 14.4 Å². The normalized spacial score (nSPS) is 12.5. The van der Waals surface area contributed by atoms with Crippen LogP contribution in [0.5, 0.6) is 0 Å². The Balaban J connectivity index is 3.96. The molecule has 0 heterocycles. The summed E-state index contributed by atoms with van der Waals surface area (Å²) in [7, 11) is 0.